The molecule has 0 radical (unpaired) electrons. The Balaban J connectivity index is 2.21. The van der Waals surface area contributed by atoms with Gasteiger partial charge in [-0.2, -0.15) is 0 Å². The van der Waals surface area contributed by atoms with E-state index in [4.69, 9.17) is 16.0 Å². The number of halogens is 1. The number of nitrogens with one attached hydrogen (secondary N) is 2. The minimum Gasteiger partial charge on any atom is -0.444 e. The molecule has 0 aromatic carbocycles. The Bertz CT molecular complexity index is 578. The number of nitrogens with zero attached hydrogens (tertiary/aromatic N) is 2. The van der Waals surface area contributed by atoms with E-state index in [2.05, 4.69) is 20.3 Å². The number of aromatic amines is 1. The fourth-order valence-corrected chi connectivity index (χ4v) is 1.48. The second-order valence-corrected chi connectivity index (χ2v) is 3.95. The molecule has 2 rings (SSSR count). The Morgan fingerprint density at radius 1 is 1.53 bits per heavy atom. The molecule has 0 aliphatic rings. The summed E-state index contributed by atoms with van der Waals surface area (Å²) in [5, 5.41) is 2.98. The average Bonchev–Trinajstić information content (AvgIpc) is 2.72. The van der Waals surface area contributed by atoms with Crippen LogP contribution in [0.5, 0.6) is 0 Å². The molecular formula is C10H11ClN4O2. The Kier molecular flexibility index (Phi) is 3.14. The minimum atomic E-state index is -0.389. The summed E-state index contributed by atoms with van der Waals surface area (Å²) in [5.41, 5.74) is -0.389. The molecule has 0 amide bonds. The quantitative estimate of drug-likeness (QED) is 0.874. The summed E-state index contributed by atoms with van der Waals surface area (Å²) >= 11 is 5.81. The first-order valence-electron chi connectivity index (χ1n) is 5.00. The first kappa shape index (κ1) is 11.7. The molecule has 2 aromatic rings. The van der Waals surface area contributed by atoms with Gasteiger partial charge in [0.15, 0.2) is 5.82 Å². The predicted molar refractivity (Wildman–Crippen MR) is 63.1 cm³/mol. The molecule has 0 aliphatic carbocycles. The van der Waals surface area contributed by atoms with E-state index >= 15 is 0 Å². The van der Waals surface area contributed by atoms with Gasteiger partial charge >= 0.3 is 0 Å². The van der Waals surface area contributed by atoms with E-state index in [-0.39, 0.29) is 16.6 Å². The number of hydrogen-bond donors (Lipinski definition) is 2. The fourth-order valence-electron chi connectivity index (χ4n) is 1.32. The normalized spacial score (nSPS) is 12.4. The van der Waals surface area contributed by atoms with Gasteiger partial charge in [0.25, 0.3) is 5.56 Å². The second-order valence-electron chi connectivity index (χ2n) is 3.57. The van der Waals surface area contributed by atoms with Crippen LogP contribution in [0.3, 0.4) is 0 Å². The van der Waals surface area contributed by atoms with Gasteiger partial charge in [0, 0.05) is 0 Å². The highest BCUT2D eigenvalue weighted by Gasteiger charge is 2.14. The SMILES string of the molecule is Cc1cnc(C(C)Nc2nc[nH]c(=O)c2Cl)o1. The molecule has 1 atom stereocenters. The molecular weight excluding hydrogens is 244 g/mol. The standard InChI is InChI=1S/C10H11ClN4O2/c1-5-3-12-10(17-5)6(2)15-8-7(11)9(16)14-4-13-8/h3-4,6H,1-2H3,(H2,13,14,15,16). The lowest BCUT2D eigenvalue weighted by atomic mass is 10.3. The number of rotatable bonds is 3. The van der Waals surface area contributed by atoms with Crippen LogP contribution in [0, 0.1) is 6.92 Å². The van der Waals surface area contributed by atoms with Crippen LogP contribution in [0.4, 0.5) is 5.82 Å². The second kappa shape index (κ2) is 4.58. The topological polar surface area (TPSA) is 83.8 Å². The third kappa shape index (κ3) is 2.47. The zero-order valence-electron chi connectivity index (χ0n) is 9.32. The molecule has 2 aromatic heterocycles. The first-order chi connectivity index (χ1) is 8.08. The molecule has 0 bridgehead atoms. The summed E-state index contributed by atoms with van der Waals surface area (Å²) in [6.07, 6.45) is 2.91. The highest BCUT2D eigenvalue weighted by Crippen LogP contribution is 2.20. The van der Waals surface area contributed by atoms with Gasteiger partial charge in [-0.3, -0.25) is 4.79 Å². The zero-order valence-corrected chi connectivity index (χ0v) is 10.1. The maximum atomic E-state index is 11.3. The summed E-state index contributed by atoms with van der Waals surface area (Å²) in [5.74, 6) is 1.54. The number of hydrogen-bond acceptors (Lipinski definition) is 5. The van der Waals surface area contributed by atoms with Gasteiger partial charge < -0.3 is 14.7 Å². The molecule has 0 aliphatic heterocycles. The van der Waals surface area contributed by atoms with E-state index < -0.39 is 0 Å². The Morgan fingerprint density at radius 2 is 2.29 bits per heavy atom. The van der Waals surface area contributed by atoms with Gasteiger partial charge in [-0.15, -0.1) is 0 Å². The first-order valence-corrected chi connectivity index (χ1v) is 5.37. The molecule has 17 heavy (non-hydrogen) atoms. The predicted octanol–water partition coefficient (Wildman–Crippen LogP) is 1.89. The third-order valence-corrected chi connectivity index (χ3v) is 2.51. The van der Waals surface area contributed by atoms with E-state index in [0.717, 1.165) is 5.76 Å². The van der Waals surface area contributed by atoms with Crippen molar-refractivity contribution >= 4 is 17.4 Å². The van der Waals surface area contributed by atoms with Crippen molar-refractivity contribution in [2.24, 2.45) is 0 Å². The van der Waals surface area contributed by atoms with Crippen LogP contribution in [0.2, 0.25) is 5.02 Å². The van der Waals surface area contributed by atoms with Crippen LogP contribution in [-0.4, -0.2) is 15.0 Å². The largest absolute Gasteiger partial charge is 0.444 e. The van der Waals surface area contributed by atoms with Gasteiger partial charge in [0.05, 0.1) is 12.5 Å². The van der Waals surface area contributed by atoms with Crippen LogP contribution in [0.15, 0.2) is 21.7 Å². The van der Waals surface area contributed by atoms with Crippen molar-refractivity contribution < 1.29 is 4.42 Å². The van der Waals surface area contributed by atoms with Crippen LogP contribution < -0.4 is 10.9 Å². The van der Waals surface area contributed by atoms with Gasteiger partial charge in [0.1, 0.15) is 16.8 Å². The van der Waals surface area contributed by atoms with Crippen LogP contribution >= 0.6 is 11.6 Å². The van der Waals surface area contributed by atoms with Crippen LogP contribution in [-0.2, 0) is 0 Å². The zero-order chi connectivity index (χ0) is 12.4. The Labute approximate surface area is 102 Å². The maximum absolute atomic E-state index is 11.3. The van der Waals surface area contributed by atoms with Crippen molar-refractivity contribution in [2.45, 2.75) is 19.9 Å². The minimum absolute atomic E-state index is 0.0163. The molecule has 1 unspecified atom stereocenters. The molecule has 2 heterocycles. The number of anilines is 1. The van der Waals surface area contributed by atoms with Crippen molar-refractivity contribution in [3.8, 4) is 0 Å². The number of H-pyrrole nitrogens is 1. The number of aromatic nitrogens is 3. The highest BCUT2D eigenvalue weighted by molar-refractivity contribution is 6.32. The van der Waals surface area contributed by atoms with E-state index in [9.17, 15) is 4.79 Å². The summed E-state index contributed by atoms with van der Waals surface area (Å²) in [6.45, 7) is 3.64. The van der Waals surface area contributed by atoms with Crippen LogP contribution in [0.25, 0.3) is 0 Å². The average molecular weight is 255 g/mol. The molecule has 0 fully saturated rings. The molecule has 2 N–H and O–H groups in total. The highest BCUT2D eigenvalue weighted by atomic mass is 35.5. The van der Waals surface area contributed by atoms with Gasteiger partial charge in [-0.1, -0.05) is 11.6 Å². The molecule has 0 saturated carbocycles. The van der Waals surface area contributed by atoms with Gasteiger partial charge in [-0.05, 0) is 13.8 Å². The monoisotopic (exact) mass is 254 g/mol. The molecule has 7 heteroatoms. The van der Waals surface area contributed by atoms with E-state index in [0.29, 0.717) is 11.7 Å². The van der Waals surface area contributed by atoms with Crippen molar-refractivity contribution in [2.75, 3.05) is 5.32 Å². The molecule has 0 spiro atoms. The molecule has 90 valence electrons. The van der Waals surface area contributed by atoms with Crippen molar-refractivity contribution in [3.05, 3.63) is 39.6 Å². The van der Waals surface area contributed by atoms with Crippen molar-refractivity contribution in [3.63, 3.8) is 0 Å². The van der Waals surface area contributed by atoms with Gasteiger partial charge in [0.2, 0.25) is 5.89 Å². The maximum Gasteiger partial charge on any atom is 0.271 e. The fraction of sp³-hybridized carbons (Fsp3) is 0.300. The summed E-state index contributed by atoms with van der Waals surface area (Å²) in [6, 6.07) is -0.226. The molecule has 0 saturated heterocycles. The molecule has 6 nitrogen and oxygen atoms in total. The number of aryl methyl sites for hydroxylation is 1. The lowest BCUT2D eigenvalue weighted by Gasteiger charge is -2.11. The van der Waals surface area contributed by atoms with E-state index in [1.54, 1.807) is 6.20 Å². The van der Waals surface area contributed by atoms with Crippen molar-refractivity contribution in [1.29, 1.82) is 0 Å². The van der Waals surface area contributed by atoms with Gasteiger partial charge in [-0.25, -0.2) is 9.97 Å². The van der Waals surface area contributed by atoms with Crippen LogP contribution in [0.1, 0.15) is 24.6 Å². The smallest absolute Gasteiger partial charge is 0.271 e. The Morgan fingerprint density at radius 3 is 2.94 bits per heavy atom. The van der Waals surface area contributed by atoms with Crippen molar-refractivity contribution in [1.82, 2.24) is 15.0 Å². The summed E-state index contributed by atoms with van der Waals surface area (Å²) in [7, 11) is 0. The summed E-state index contributed by atoms with van der Waals surface area (Å²) < 4.78 is 5.36. The third-order valence-electron chi connectivity index (χ3n) is 2.16. The van der Waals surface area contributed by atoms with E-state index in [1.807, 2.05) is 13.8 Å². The lowest BCUT2D eigenvalue weighted by Crippen LogP contribution is -2.14. The Hall–Kier alpha value is -1.82. The summed E-state index contributed by atoms with van der Waals surface area (Å²) in [4.78, 5) is 21.7. The number of oxazole rings is 1. The lowest BCUT2D eigenvalue weighted by molar-refractivity contribution is 0.453. The van der Waals surface area contributed by atoms with E-state index in [1.165, 1.54) is 6.33 Å².